The normalized spacial score (nSPS) is 24.5. The summed E-state index contributed by atoms with van der Waals surface area (Å²) < 4.78 is 5.16. The highest BCUT2D eigenvalue weighted by molar-refractivity contribution is 6.05. The van der Waals surface area contributed by atoms with E-state index in [0.29, 0.717) is 45.2 Å². The van der Waals surface area contributed by atoms with E-state index in [2.05, 4.69) is 15.6 Å². The maximum Gasteiger partial charge on any atom is 0.437 e. The van der Waals surface area contributed by atoms with Gasteiger partial charge in [-0.25, -0.2) is 4.79 Å². The molecule has 4 N–H and O–H groups in total. The number of fused-ring (bicyclic) bond motifs is 1. The van der Waals surface area contributed by atoms with Crippen molar-refractivity contribution in [1.82, 2.24) is 20.4 Å². The Morgan fingerprint density at radius 1 is 1.07 bits per heavy atom. The Balaban J connectivity index is 1.20. The number of hydrogen-bond donors (Lipinski definition) is 3. The van der Waals surface area contributed by atoms with Gasteiger partial charge in [0.1, 0.15) is 18.2 Å². The quantitative estimate of drug-likeness (QED) is 0.374. The maximum absolute atomic E-state index is 13.5. The lowest BCUT2D eigenvalue weighted by molar-refractivity contribution is -0.144. The van der Waals surface area contributed by atoms with Crippen LogP contribution in [0.4, 0.5) is 4.79 Å². The number of benzene rings is 2. The SMILES string of the molecule is CC1(NC(=O)[C@@H]2CCCN2C(=O)[C@H]2Cc3ccccc3CN2)CCCN(/C(N)=N/C(=O)OCc2ccccc2)C1=O. The average Bonchev–Trinajstić information content (AvgIpc) is 3.48. The van der Waals surface area contributed by atoms with Gasteiger partial charge in [0, 0.05) is 19.6 Å². The molecule has 3 aliphatic rings. The first-order valence-electron chi connectivity index (χ1n) is 14.0. The van der Waals surface area contributed by atoms with Crippen LogP contribution in [0.2, 0.25) is 0 Å². The molecule has 0 saturated carbocycles. The average molecular weight is 561 g/mol. The molecule has 2 aromatic rings. The number of nitrogens with two attached hydrogens (primary N) is 1. The summed E-state index contributed by atoms with van der Waals surface area (Å²) in [5.74, 6) is -1.22. The van der Waals surface area contributed by atoms with Crippen LogP contribution in [0, 0.1) is 0 Å². The molecule has 216 valence electrons. The zero-order chi connectivity index (χ0) is 29.0. The summed E-state index contributed by atoms with van der Waals surface area (Å²) in [5.41, 5.74) is 7.88. The van der Waals surface area contributed by atoms with Crippen LogP contribution in [0.5, 0.6) is 0 Å². The number of ether oxygens (including phenoxy) is 1. The minimum atomic E-state index is -1.26. The molecular formula is C30H36N6O5. The standard InChI is InChI=1S/C30H36N6O5/c1-30(14-8-16-36(27(30)39)28(31)33-29(40)41-19-20-9-3-2-4-10-20)34-25(37)24-13-7-15-35(24)26(38)23-17-21-11-5-6-12-22(21)18-32-23/h2-6,9-12,23-24,32H,7-8,13-19H2,1H3,(H,34,37)(H2,31,33,40)/t23-,24+,30?/m1/s1. The van der Waals surface area contributed by atoms with E-state index >= 15 is 0 Å². The number of likely N-dealkylation sites (tertiary alicyclic amines) is 2. The van der Waals surface area contributed by atoms with Gasteiger partial charge in [-0.05, 0) is 55.7 Å². The lowest BCUT2D eigenvalue weighted by atomic mass is 9.89. The molecule has 11 heteroatoms. The summed E-state index contributed by atoms with van der Waals surface area (Å²) in [6.07, 6.45) is 1.81. The number of aliphatic imine (C=N–C) groups is 1. The van der Waals surface area contributed by atoms with Crippen molar-refractivity contribution < 1.29 is 23.9 Å². The largest absolute Gasteiger partial charge is 0.443 e. The smallest absolute Gasteiger partial charge is 0.437 e. The summed E-state index contributed by atoms with van der Waals surface area (Å²) >= 11 is 0. The Kier molecular flexibility index (Phi) is 8.34. The summed E-state index contributed by atoms with van der Waals surface area (Å²) in [4.78, 5) is 59.3. The maximum atomic E-state index is 13.5. The fourth-order valence-corrected chi connectivity index (χ4v) is 5.82. The van der Waals surface area contributed by atoms with E-state index in [1.54, 1.807) is 11.8 Å². The van der Waals surface area contributed by atoms with Gasteiger partial charge in [0.2, 0.25) is 17.8 Å². The highest BCUT2D eigenvalue weighted by Gasteiger charge is 2.45. The van der Waals surface area contributed by atoms with E-state index < -0.39 is 29.6 Å². The van der Waals surface area contributed by atoms with Gasteiger partial charge in [-0.1, -0.05) is 54.6 Å². The molecule has 0 bridgehead atoms. The third-order valence-electron chi connectivity index (χ3n) is 8.08. The van der Waals surface area contributed by atoms with Crippen LogP contribution in [0.1, 0.15) is 49.3 Å². The Morgan fingerprint density at radius 2 is 1.80 bits per heavy atom. The summed E-state index contributed by atoms with van der Waals surface area (Å²) in [6, 6.07) is 16.1. The number of rotatable bonds is 5. The van der Waals surface area contributed by atoms with Gasteiger partial charge in [-0.2, -0.15) is 0 Å². The predicted molar refractivity (Wildman–Crippen MR) is 151 cm³/mol. The lowest BCUT2D eigenvalue weighted by Gasteiger charge is -2.40. The summed E-state index contributed by atoms with van der Waals surface area (Å²) in [5, 5.41) is 6.21. The third kappa shape index (κ3) is 6.25. The van der Waals surface area contributed by atoms with E-state index in [4.69, 9.17) is 10.5 Å². The fourth-order valence-electron chi connectivity index (χ4n) is 5.82. The fraction of sp³-hybridized carbons (Fsp3) is 0.433. The van der Waals surface area contributed by atoms with E-state index in [-0.39, 0.29) is 30.9 Å². The molecule has 0 aliphatic carbocycles. The second-order valence-corrected chi connectivity index (χ2v) is 11.0. The molecule has 1 unspecified atom stereocenters. The highest BCUT2D eigenvalue weighted by atomic mass is 16.5. The molecule has 3 aliphatic heterocycles. The molecule has 4 amide bonds. The van der Waals surface area contributed by atoms with Gasteiger partial charge in [0.05, 0.1) is 6.04 Å². The second kappa shape index (κ2) is 12.1. The number of nitrogens with one attached hydrogen (secondary N) is 2. The van der Waals surface area contributed by atoms with Crippen LogP contribution in [-0.2, 0) is 38.7 Å². The number of amides is 4. The molecule has 2 saturated heterocycles. The minimum absolute atomic E-state index is 0.0255. The van der Waals surface area contributed by atoms with Crippen molar-refractivity contribution in [2.75, 3.05) is 13.1 Å². The molecule has 0 radical (unpaired) electrons. The van der Waals surface area contributed by atoms with Crippen LogP contribution in [-0.4, -0.2) is 70.3 Å². The molecule has 5 rings (SSSR count). The molecule has 11 nitrogen and oxygen atoms in total. The molecule has 2 fully saturated rings. The van der Waals surface area contributed by atoms with Gasteiger partial charge in [-0.3, -0.25) is 19.3 Å². The lowest BCUT2D eigenvalue weighted by Crippen LogP contribution is -2.65. The number of hydrogen-bond acceptors (Lipinski definition) is 6. The molecule has 3 heterocycles. The zero-order valence-electron chi connectivity index (χ0n) is 23.2. The summed E-state index contributed by atoms with van der Waals surface area (Å²) in [6.45, 7) is 3.01. The van der Waals surface area contributed by atoms with E-state index in [0.717, 1.165) is 11.1 Å². The van der Waals surface area contributed by atoms with Crippen LogP contribution >= 0.6 is 0 Å². The Bertz CT molecular complexity index is 1350. The first kappa shape index (κ1) is 28.3. The van der Waals surface area contributed by atoms with Crippen LogP contribution in [0.15, 0.2) is 59.6 Å². The first-order chi connectivity index (χ1) is 19.7. The van der Waals surface area contributed by atoms with Gasteiger partial charge in [0.15, 0.2) is 0 Å². The second-order valence-electron chi connectivity index (χ2n) is 11.0. The minimum Gasteiger partial charge on any atom is -0.443 e. The number of carbonyl (C=O) groups is 4. The zero-order valence-corrected chi connectivity index (χ0v) is 23.2. The Hall–Kier alpha value is -4.25. The molecule has 0 aromatic heterocycles. The molecule has 3 atom stereocenters. The van der Waals surface area contributed by atoms with Crippen molar-refractivity contribution in [2.24, 2.45) is 10.7 Å². The van der Waals surface area contributed by atoms with Gasteiger partial charge >= 0.3 is 6.09 Å². The molecule has 41 heavy (non-hydrogen) atoms. The summed E-state index contributed by atoms with van der Waals surface area (Å²) in [7, 11) is 0. The van der Waals surface area contributed by atoms with Crippen molar-refractivity contribution in [3.63, 3.8) is 0 Å². The monoisotopic (exact) mass is 560 g/mol. The van der Waals surface area contributed by atoms with Crippen LogP contribution in [0.3, 0.4) is 0 Å². The van der Waals surface area contributed by atoms with Gasteiger partial charge in [-0.15, -0.1) is 4.99 Å². The Morgan fingerprint density at radius 3 is 2.59 bits per heavy atom. The van der Waals surface area contributed by atoms with Crippen molar-refractivity contribution in [3.8, 4) is 0 Å². The molecule has 0 spiro atoms. The van der Waals surface area contributed by atoms with E-state index in [1.807, 2.05) is 54.6 Å². The third-order valence-corrected chi connectivity index (χ3v) is 8.08. The Labute approximate surface area is 239 Å². The van der Waals surface area contributed by atoms with Crippen LogP contribution in [0.25, 0.3) is 0 Å². The van der Waals surface area contributed by atoms with Crippen molar-refractivity contribution in [3.05, 3.63) is 71.3 Å². The van der Waals surface area contributed by atoms with Crippen molar-refractivity contribution in [1.29, 1.82) is 0 Å². The first-order valence-corrected chi connectivity index (χ1v) is 14.0. The van der Waals surface area contributed by atoms with E-state index in [1.165, 1.54) is 10.5 Å². The topological polar surface area (TPSA) is 146 Å². The van der Waals surface area contributed by atoms with Gasteiger partial charge in [0.25, 0.3) is 5.91 Å². The molecular weight excluding hydrogens is 524 g/mol. The van der Waals surface area contributed by atoms with Gasteiger partial charge < -0.3 is 26.0 Å². The van der Waals surface area contributed by atoms with Crippen molar-refractivity contribution >= 4 is 29.8 Å². The van der Waals surface area contributed by atoms with Crippen LogP contribution < -0.4 is 16.4 Å². The molecule has 2 aromatic carbocycles. The number of carbonyl (C=O) groups excluding carboxylic acids is 4. The van der Waals surface area contributed by atoms with Crippen molar-refractivity contribution in [2.45, 2.75) is 69.8 Å². The predicted octanol–water partition coefficient (Wildman–Crippen LogP) is 1.84. The highest BCUT2D eigenvalue weighted by Crippen LogP contribution is 2.26. The number of guanidine groups is 1. The van der Waals surface area contributed by atoms with E-state index in [9.17, 15) is 19.2 Å². The number of nitrogens with zero attached hydrogens (tertiary/aromatic N) is 3. The number of piperidine rings is 1.